The fourth-order valence-electron chi connectivity index (χ4n) is 2.38. The lowest BCUT2D eigenvalue weighted by molar-refractivity contribution is 0.162. The van der Waals surface area contributed by atoms with Crippen molar-refractivity contribution in [3.8, 4) is 0 Å². The van der Waals surface area contributed by atoms with Crippen LogP contribution in [0.25, 0.3) is 10.2 Å². The maximum atomic E-state index is 12.3. The van der Waals surface area contributed by atoms with Crippen LogP contribution < -0.4 is 0 Å². The lowest BCUT2D eigenvalue weighted by atomic mass is 9.98. The van der Waals surface area contributed by atoms with E-state index in [1.165, 1.54) is 6.07 Å². The monoisotopic (exact) mass is 332 g/mol. The molecular formula is C12H13ClN2O3S2. The first-order valence-corrected chi connectivity index (χ1v) is 8.98. The molecule has 20 heavy (non-hydrogen) atoms. The molecule has 0 N–H and O–H groups in total. The van der Waals surface area contributed by atoms with Crippen molar-refractivity contribution >= 4 is 43.5 Å². The quantitative estimate of drug-likeness (QED) is 0.806. The average molecular weight is 333 g/mol. The third-order valence-electron chi connectivity index (χ3n) is 3.41. The van der Waals surface area contributed by atoms with Gasteiger partial charge in [0.15, 0.2) is 0 Å². The molecule has 1 aromatic carbocycles. The second kappa shape index (κ2) is 5.55. The van der Waals surface area contributed by atoms with Crippen LogP contribution in [-0.4, -0.2) is 24.1 Å². The van der Waals surface area contributed by atoms with Gasteiger partial charge in [-0.1, -0.05) is 35.4 Å². The van der Waals surface area contributed by atoms with Gasteiger partial charge in [0, 0.05) is 0 Å². The van der Waals surface area contributed by atoms with Crippen molar-refractivity contribution in [3.05, 3.63) is 17.2 Å². The number of aromatic nitrogens is 2. The van der Waals surface area contributed by atoms with Gasteiger partial charge in [-0.2, -0.15) is 8.42 Å². The van der Waals surface area contributed by atoms with Crippen molar-refractivity contribution < 1.29 is 12.6 Å². The Morgan fingerprint density at radius 2 is 2.00 bits per heavy atom. The third-order valence-corrected chi connectivity index (χ3v) is 6.19. The van der Waals surface area contributed by atoms with Crippen molar-refractivity contribution in [2.75, 3.05) is 0 Å². The molecule has 1 aromatic heterocycles. The van der Waals surface area contributed by atoms with Crippen LogP contribution >= 0.6 is 23.1 Å². The molecule has 1 heterocycles. The van der Waals surface area contributed by atoms with Crippen LogP contribution in [0.15, 0.2) is 17.0 Å². The highest BCUT2D eigenvalue weighted by molar-refractivity contribution is 7.87. The first kappa shape index (κ1) is 14.2. The van der Waals surface area contributed by atoms with Gasteiger partial charge >= 0.3 is 0 Å². The zero-order chi connectivity index (χ0) is 14.2. The second-order valence-corrected chi connectivity index (χ2v) is 7.48. The summed E-state index contributed by atoms with van der Waals surface area (Å²) in [5.74, 6) is 0. The van der Waals surface area contributed by atoms with Crippen molar-refractivity contribution in [1.29, 1.82) is 0 Å². The van der Waals surface area contributed by atoms with E-state index in [-0.39, 0.29) is 16.0 Å². The number of rotatable bonds is 3. The lowest BCUT2D eigenvalue weighted by Gasteiger charge is -2.21. The van der Waals surface area contributed by atoms with Gasteiger partial charge in [0.1, 0.15) is 10.4 Å². The minimum atomic E-state index is -3.84. The van der Waals surface area contributed by atoms with E-state index in [0.717, 1.165) is 43.6 Å². The first-order chi connectivity index (χ1) is 9.58. The van der Waals surface area contributed by atoms with Gasteiger partial charge in [-0.25, -0.2) is 0 Å². The molecule has 0 saturated heterocycles. The number of nitrogens with zero attached hydrogens (tertiary/aromatic N) is 2. The summed E-state index contributed by atoms with van der Waals surface area (Å²) in [4.78, 5) is 0.00305. The predicted octanol–water partition coefficient (Wildman–Crippen LogP) is 3.38. The highest BCUT2D eigenvalue weighted by atomic mass is 35.5. The molecule has 5 nitrogen and oxygen atoms in total. The Balaban J connectivity index is 1.93. The zero-order valence-electron chi connectivity index (χ0n) is 10.6. The highest BCUT2D eigenvalue weighted by Gasteiger charge is 2.26. The molecule has 0 bridgehead atoms. The largest absolute Gasteiger partial charge is 0.298 e. The van der Waals surface area contributed by atoms with Gasteiger partial charge in [-0.3, -0.25) is 4.18 Å². The minimum absolute atomic E-state index is 0.00305. The van der Waals surface area contributed by atoms with Crippen molar-refractivity contribution in [2.24, 2.45) is 0 Å². The summed E-state index contributed by atoms with van der Waals surface area (Å²) in [5.41, 5.74) is 0.594. The maximum absolute atomic E-state index is 12.3. The summed E-state index contributed by atoms with van der Waals surface area (Å²) < 4.78 is 34.4. The molecule has 0 spiro atoms. The highest BCUT2D eigenvalue weighted by Crippen LogP contribution is 2.34. The smallest absolute Gasteiger partial charge is 0.263 e. The van der Waals surface area contributed by atoms with E-state index in [9.17, 15) is 8.42 Å². The first-order valence-electron chi connectivity index (χ1n) is 6.42. The second-order valence-electron chi connectivity index (χ2n) is 4.81. The number of halogens is 1. The van der Waals surface area contributed by atoms with E-state index >= 15 is 0 Å². The summed E-state index contributed by atoms with van der Waals surface area (Å²) in [6.45, 7) is 0. The van der Waals surface area contributed by atoms with Gasteiger partial charge in [-0.15, -0.1) is 5.10 Å². The Morgan fingerprint density at radius 3 is 2.75 bits per heavy atom. The minimum Gasteiger partial charge on any atom is -0.263 e. The van der Waals surface area contributed by atoms with E-state index < -0.39 is 10.1 Å². The molecule has 108 valence electrons. The third kappa shape index (κ3) is 2.67. The fourth-order valence-corrected chi connectivity index (χ4v) is 4.81. The molecule has 1 aliphatic rings. The van der Waals surface area contributed by atoms with Crippen molar-refractivity contribution in [2.45, 2.75) is 43.1 Å². The molecular weight excluding hydrogens is 320 g/mol. The molecule has 1 aliphatic carbocycles. The van der Waals surface area contributed by atoms with Crippen LogP contribution in [0.1, 0.15) is 32.1 Å². The van der Waals surface area contributed by atoms with Gasteiger partial charge in [0.25, 0.3) is 10.1 Å². The van der Waals surface area contributed by atoms with Gasteiger partial charge in [-0.05, 0) is 36.5 Å². The van der Waals surface area contributed by atoms with Crippen LogP contribution in [0, 0.1) is 0 Å². The standard InChI is InChI=1S/C12H13ClN2O3S2/c13-11-10(7-6-9-12(11)19-15-14-9)20(16,17)18-8-4-2-1-3-5-8/h6-8H,1-5H2. The molecule has 1 saturated carbocycles. The molecule has 0 unspecified atom stereocenters. The van der Waals surface area contributed by atoms with Crippen LogP contribution in [0.5, 0.6) is 0 Å². The molecule has 1 fully saturated rings. The molecule has 0 atom stereocenters. The Hall–Kier alpha value is -0.760. The van der Waals surface area contributed by atoms with Crippen LogP contribution in [0.2, 0.25) is 5.02 Å². The summed E-state index contributed by atoms with van der Waals surface area (Å²) in [6.07, 6.45) is 4.47. The Bertz CT molecular complexity index is 723. The van der Waals surface area contributed by atoms with E-state index in [0.29, 0.717) is 10.2 Å². The van der Waals surface area contributed by atoms with E-state index in [2.05, 4.69) is 9.59 Å². The predicted molar refractivity (Wildman–Crippen MR) is 77.6 cm³/mol. The van der Waals surface area contributed by atoms with E-state index in [1.54, 1.807) is 6.07 Å². The maximum Gasteiger partial charge on any atom is 0.298 e. The number of hydrogen-bond donors (Lipinski definition) is 0. The fraction of sp³-hybridized carbons (Fsp3) is 0.500. The van der Waals surface area contributed by atoms with Crippen LogP contribution in [0.4, 0.5) is 0 Å². The van der Waals surface area contributed by atoms with Gasteiger partial charge < -0.3 is 0 Å². The average Bonchev–Trinajstić information content (AvgIpc) is 2.88. The normalized spacial score (nSPS) is 17.6. The summed E-state index contributed by atoms with van der Waals surface area (Å²) >= 11 is 7.23. The molecule has 0 radical (unpaired) electrons. The zero-order valence-corrected chi connectivity index (χ0v) is 13.0. The van der Waals surface area contributed by atoms with E-state index in [4.69, 9.17) is 15.8 Å². The molecule has 8 heteroatoms. The SMILES string of the molecule is O=S(=O)(OC1CCCCC1)c1ccc2nnsc2c1Cl. The Morgan fingerprint density at radius 1 is 1.25 bits per heavy atom. The number of hydrogen-bond acceptors (Lipinski definition) is 6. The summed E-state index contributed by atoms with van der Waals surface area (Å²) in [6, 6.07) is 3.03. The van der Waals surface area contributed by atoms with E-state index in [1.807, 2.05) is 0 Å². The Labute approximate surface area is 126 Å². The van der Waals surface area contributed by atoms with Crippen molar-refractivity contribution in [3.63, 3.8) is 0 Å². The topological polar surface area (TPSA) is 69.2 Å². The van der Waals surface area contributed by atoms with Crippen LogP contribution in [0.3, 0.4) is 0 Å². The van der Waals surface area contributed by atoms with Crippen LogP contribution in [-0.2, 0) is 14.3 Å². The van der Waals surface area contributed by atoms with Gasteiger partial charge in [0.05, 0.1) is 15.8 Å². The van der Waals surface area contributed by atoms with Crippen molar-refractivity contribution in [1.82, 2.24) is 9.59 Å². The molecule has 0 amide bonds. The molecule has 2 aromatic rings. The molecule has 0 aliphatic heterocycles. The number of fused-ring (bicyclic) bond motifs is 1. The summed E-state index contributed by atoms with van der Waals surface area (Å²) in [7, 11) is -3.84. The number of benzene rings is 1. The lowest BCUT2D eigenvalue weighted by Crippen LogP contribution is -2.21. The molecule has 3 rings (SSSR count). The van der Waals surface area contributed by atoms with Gasteiger partial charge in [0.2, 0.25) is 0 Å². The Kier molecular flexibility index (Phi) is 3.94. The summed E-state index contributed by atoms with van der Waals surface area (Å²) in [5, 5.41) is 4.01.